The summed E-state index contributed by atoms with van der Waals surface area (Å²) in [6.07, 6.45) is 6.75. The molecule has 3 heterocycles. The Morgan fingerprint density at radius 1 is 1.11 bits per heavy atom. The summed E-state index contributed by atoms with van der Waals surface area (Å²) in [5.41, 5.74) is 2.97. The molecule has 5 rings (SSSR count). The van der Waals surface area contributed by atoms with Gasteiger partial charge in [-0.3, -0.25) is 14.4 Å². The number of hydrogen-bond donors (Lipinski definition) is 2. The van der Waals surface area contributed by atoms with Crippen LogP contribution in [0.3, 0.4) is 0 Å². The number of nitrogens with zero attached hydrogens (tertiary/aromatic N) is 2. The molecular weight excluding hydrogens is 476 g/mol. The zero-order valence-corrected chi connectivity index (χ0v) is 20.4. The second kappa shape index (κ2) is 10.8. The molecular formula is C27H26N4O4S. The first-order valence-corrected chi connectivity index (χ1v) is 12.8. The minimum Gasteiger partial charge on any atom is -0.436 e. The second-order valence-electron chi connectivity index (χ2n) is 8.73. The van der Waals surface area contributed by atoms with Gasteiger partial charge in [0.2, 0.25) is 24.1 Å². The van der Waals surface area contributed by atoms with Gasteiger partial charge in [-0.05, 0) is 66.3 Å². The van der Waals surface area contributed by atoms with Crippen molar-refractivity contribution in [2.45, 2.75) is 19.3 Å². The van der Waals surface area contributed by atoms with Crippen LogP contribution < -0.4 is 10.6 Å². The number of thioether (sulfide) groups is 1. The van der Waals surface area contributed by atoms with Gasteiger partial charge in [0.1, 0.15) is 0 Å². The minimum absolute atomic E-state index is 0.0448. The summed E-state index contributed by atoms with van der Waals surface area (Å²) in [5.74, 6) is 1.76. The molecule has 8 nitrogen and oxygen atoms in total. The Balaban J connectivity index is 1.16. The molecule has 184 valence electrons. The van der Waals surface area contributed by atoms with Crippen molar-refractivity contribution >= 4 is 41.4 Å². The molecule has 1 atom stereocenters. The van der Waals surface area contributed by atoms with Gasteiger partial charge in [0.25, 0.3) is 0 Å². The van der Waals surface area contributed by atoms with Gasteiger partial charge in [0.15, 0.2) is 5.76 Å². The lowest BCUT2D eigenvalue weighted by Gasteiger charge is -2.16. The molecule has 2 aromatic carbocycles. The van der Waals surface area contributed by atoms with Gasteiger partial charge in [-0.1, -0.05) is 6.08 Å². The Bertz CT molecular complexity index is 1280. The molecule has 3 aromatic rings. The van der Waals surface area contributed by atoms with E-state index in [0.717, 1.165) is 29.7 Å². The normalized spacial score (nSPS) is 17.2. The van der Waals surface area contributed by atoms with Crippen molar-refractivity contribution in [1.29, 1.82) is 0 Å². The quantitative estimate of drug-likeness (QED) is 0.408. The predicted octanol–water partition coefficient (Wildman–Crippen LogP) is 4.77. The van der Waals surface area contributed by atoms with Crippen molar-refractivity contribution in [1.82, 2.24) is 9.88 Å². The summed E-state index contributed by atoms with van der Waals surface area (Å²) in [5, 5.41) is 5.53. The highest BCUT2D eigenvalue weighted by molar-refractivity contribution is 8.03. The smallest absolute Gasteiger partial charge is 0.229 e. The maximum Gasteiger partial charge on any atom is 0.229 e. The lowest BCUT2D eigenvalue weighted by molar-refractivity contribution is -0.128. The molecule has 2 aliphatic rings. The number of hydrogen-bond acceptors (Lipinski definition) is 6. The van der Waals surface area contributed by atoms with Crippen molar-refractivity contribution < 1.29 is 18.8 Å². The van der Waals surface area contributed by atoms with Crippen molar-refractivity contribution in [2.75, 3.05) is 29.5 Å². The highest BCUT2D eigenvalue weighted by Gasteiger charge is 2.34. The number of amides is 3. The number of oxazole rings is 1. The molecule has 0 radical (unpaired) electrons. The molecule has 1 aromatic heterocycles. The van der Waals surface area contributed by atoms with Crippen LogP contribution in [-0.2, 0) is 14.4 Å². The molecule has 9 heteroatoms. The molecule has 36 heavy (non-hydrogen) atoms. The van der Waals surface area contributed by atoms with Crippen molar-refractivity contribution in [3.05, 3.63) is 65.7 Å². The Morgan fingerprint density at radius 3 is 2.58 bits per heavy atom. The molecule has 3 amide bonds. The molecule has 2 aliphatic heterocycles. The van der Waals surface area contributed by atoms with E-state index in [4.69, 9.17) is 4.42 Å². The number of rotatable bonds is 9. The van der Waals surface area contributed by atoms with E-state index in [1.807, 2.05) is 36.0 Å². The standard InChI is InChI=1S/C27H26N4O4S/c32-17-29-21-7-3-18(4-8-21)24-15-28-27(35-24)19-5-9-22(10-6-19)30-26(34)20-14-25(33)31(16-20)12-11-23-2-1-13-36-23/h2-10,15,17,20H,1,11-14,16H2,(H,29,32)(H,30,34). The predicted molar refractivity (Wildman–Crippen MR) is 140 cm³/mol. The molecule has 2 N–H and O–H groups in total. The van der Waals surface area contributed by atoms with Gasteiger partial charge in [-0.25, -0.2) is 4.98 Å². The first kappa shape index (κ1) is 23.9. The maximum absolute atomic E-state index is 12.8. The van der Waals surface area contributed by atoms with Crippen molar-refractivity contribution in [3.8, 4) is 22.8 Å². The third kappa shape index (κ3) is 5.52. The summed E-state index contributed by atoms with van der Waals surface area (Å²) >= 11 is 1.86. The fourth-order valence-corrected chi connectivity index (χ4v) is 5.30. The monoisotopic (exact) mass is 502 g/mol. The van der Waals surface area contributed by atoms with E-state index in [1.165, 1.54) is 4.91 Å². The summed E-state index contributed by atoms with van der Waals surface area (Å²) in [4.78, 5) is 43.2. The van der Waals surface area contributed by atoms with Crippen LogP contribution in [0.1, 0.15) is 19.3 Å². The van der Waals surface area contributed by atoms with Gasteiger partial charge in [0, 0.05) is 47.8 Å². The Kier molecular flexibility index (Phi) is 7.18. The van der Waals surface area contributed by atoms with E-state index in [9.17, 15) is 14.4 Å². The number of carbonyl (C=O) groups excluding carboxylic acids is 3. The highest BCUT2D eigenvalue weighted by atomic mass is 32.2. The van der Waals surface area contributed by atoms with Crippen LogP contribution in [0.15, 0.2) is 70.1 Å². The van der Waals surface area contributed by atoms with E-state index < -0.39 is 0 Å². The number of likely N-dealkylation sites (tertiary alicyclic amines) is 1. The van der Waals surface area contributed by atoms with Crippen molar-refractivity contribution in [2.24, 2.45) is 5.92 Å². The van der Waals surface area contributed by atoms with Crippen LogP contribution in [0, 0.1) is 5.92 Å². The largest absolute Gasteiger partial charge is 0.436 e. The van der Waals surface area contributed by atoms with Crippen molar-refractivity contribution in [3.63, 3.8) is 0 Å². The number of nitrogens with one attached hydrogen (secondary N) is 2. The van der Waals surface area contributed by atoms with E-state index >= 15 is 0 Å². The van der Waals surface area contributed by atoms with E-state index in [2.05, 4.69) is 21.7 Å². The zero-order valence-electron chi connectivity index (χ0n) is 19.6. The average molecular weight is 503 g/mol. The summed E-state index contributed by atoms with van der Waals surface area (Å²) in [6, 6.07) is 14.5. The molecule has 0 saturated carbocycles. The minimum atomic E-state index is -0.343. The zero-order chi connectivity index (χ0) is 24.9. The molecule has 1 fully saturated rings. The van der Waals surface area contributed by atoms with E-state index in [0.29, 0.717) is 42.5 Å². The number of aromatic nitrogens is 1. The molecule has 1 saturated heterocycles. The lowest BCUT2D eigenvalue weighted by atomic mass is 10.1. The molecule has 0 aliphatic carbocycles. The first-order valence-electron chi connectivity index (χ1n) is 11.9. The molecule has 0 spiro atoms. The van der Waals surface area contributed by atoms with Crippen LogP contribution in [0.4, 0.5) is 11.4 Å². The third-order valence-corrected chi connectivity index (χ3v) is 7.47. The topological polar surface area (TPSA) is 105 Å². The van der Waals surface area contributed by atoms with Crippen LogP contribution >= 0.6 is 11.8 Å². The van der Waals surface area contributed by atoms with Crippen LogP contribution in [0.2, 0.25) is 0 Å². The van der Waals surface area contributed by atoms with Gasteiger partial charge in [-0.2, -0.15) is 0 Å². The number of benzene rings is 2. The Morgan fingerprint density at radius 2 is 1.86 bits per heavy atom. The Labute approximate surface area is 213 Å². The van der Waals surface area contributed by atoms with E-state index in [1.54, 1.807) is 35.4 Å². The fourth-order valence-electron chi connectivity index (χ4n) is 4.33. The summed E-state index contributed by atoms with van der Waals surface area (Å²) in [6.45, 7) is 1.14. The highest BCUT2D eigenvalue weighted by Crippen LogP contribution is 2.30. The summed E-state index contributed by atoms with van der Waals surface area (Å²) < 4.78 is 5.90. The van der Waals surface area contributed by atoms with Gasteiger partial charge in [-0.15, -0.1) is 11.8 Å². The maximum atomic E-state index is 12.8. The number of allylic oxidation sites excluding steroid dienone is 1. The number of carbonyl (C=O) groups is 3. The van der Waals surface area contributed by atoms with Gasteiger partial charge in [0.05, 0.1) is 12.1 Å². The second-order valence-corrected chi connectivity index (χ2v) is 9.96. The average Bonchev–Trinajstić information content (AvgIpc) is 3.66. The SMILES string of the molecule is O=CNc1ccc(-c2cnc(-c3ccc(NC(=O)C4CC(=O)N(CCC5=CCCS5)C4)cc3)o2)cc1. The van der Waals surface area contributed by atoms with Crippen LogP contribution in [-0.4, -0.2) is 47.0 Å². The van der Waals surface area contributed by atoms with Gasteiger partial charge < -0.3 is 20.0 Å². The number of anilines is 2. The van der Waals surface area contributed by atoms with Gasteiger partial charge >= 0.3 is 0 Å². The third-order valence-electron chi connectivity index (χ3n) is 6.29. The van der Waals surface area contributed by atoms with E-state index in [-0.39, 0.29) is 24.2 Å². The van der Waals surface area contributed by atoms with Crippen LogP contribution in [0.25, 0.3) is 22.8 Å². The Hall–Kier alpha value is -3.85. The fraction of sp³-hybridized carbons (Fsp3) is 0.259. The summed E-state index contributed by atoms with van der Waals surface area (Å²) in [7, 11) is 0. The first-order chi connectivity index (χ1) is 17.6. The lowest BCUT2D eigenvalue weighted by Crippen LogP contribution is -2.29. The molecule has 1 unspecified atom stereocenters. The van der Waals surface area contributed by atoms with Crippen LogP contribution in [0.5, 0.6) is 0 Å². The molecule has 0 bridgehead atoms.